The molecule has 2 rings (SSSR count). The molecule has 0 bridgehead atoms. The van der Waals surface area contributed by atoms with E-state index < -0.39 is 4.92 Å². The summed E-state index contributed by atoms with van der Waals surface area (Å²) in [5.74, 6) is 0.173. The fourth-order valence-electron chi connectivity index (χ4n) is 1.44. The van der Waals surface area contributed by atoms with E-state index in [9.17, 15) is 10.1 Å². The standard InChI is InChI=1S/C13H11N5O2/c14-13(12-6-1-2-7-15-12)17-16-9-10-4-3-5-11(8-10)18(19)20/h1-9H,(H2,14,17). The Balaban J connectivity index is 2.14. The van der Waals surface area contributed by atoms with Crippen LogP contribution in [-0.4, -0.2) is 22.0 Å². The largest absolute Gasteiger partial charge is 0.380 e. The number of non-ortho nitro benzene ring substituents is 1. The molecule has 0 saturated heterocycles. The Morgan fingerprint density at radius 2 is 2.15 bits per heavy atom. The lowest BCUT2D eigenvalue weighted by Gasteiger charge is -1.95. The molecule has 2 N–H and O–H groups in total. The highest BCUT2D eigenvalue weighted by Gasteiger charge is 2.03. The van der Waals surface area contributed by atoms with Crippen LogP contribution in [0.15, 0.2) is 58.9 Å². The third-order valence-electron chi connectivity index (χ3n) is 2.38. The smallest absolute Gasteiger partial charge is 0.270 e. The number of hydrogen-bond acceptors (Lipinski definition) is 5. The van der Waals surface area contributed by atoms with E-state index in [1.54, 1.807) is 36.5 Å². The molecule has 1 aromatic carbocycles. The summed E-state index contributed by atoms with van der Waals surface area (Å²) in [4.78, 5) is 14.2. The highest BCUT2D eigenvalue weighted by Crippen LogP contribution is 2.11. The second kappa shape index (κ2) is 6.19. The second-order valence-electron chi connectivity index (χ2n) is 3.80. The molecular formula is C13H11N5O2. The number of hydrogen-bond donors (Lipinski definition) is 1. The van der Waals surface area contributed by atoms with E-state index in [1.165, 1.54) is 18.3 Å². The molecule has 0 saturated carbocycles. The van der Waals surface area contributed by atoms with Gasteiger partial charge in [0.1, 0.15) is 5.69 Å². The van der Waals surface area contributed by atoms with E-state index in [1.807, 2.05) is 0 Å². The summed E-state index contributed by atoms with van der Waals surface area (Å²) in [5, 5.41) is 18.2. The van der Waals surface area contributed by atoms with Crippen molar-refractivity contribution in [1.29, 1.82) is 0 Å². The van der Waals surface area contributed by atoms with Crippen molar-refractivity contribution >= 4 is 17.7 Å². The van der Waals surface area contributed by atoms with Crippen LogP contribution in [0.4, 0.5) is 5.69 Å². The Labute approximate surface area is 114 Å². The topological polar surface area (TPSA) is 107 Å². The molecule has 0 unspecified atom stereocenters. The number of benzene rings is 1. The number of nitrogens with two attached hydrogens (primary N) is 1. The molecule has 2 aromatic rings. The van der Waals surface area contributed by atoms with Crippen LogP contribution in [0.1, 0.15) is 11.3 Å². The van der Waals surface area contributed by atoms with Crippen LogP contribution >= 0.6 is 0 Å². The summed E-state index contributed by atoms with van der Waals surface area (Å²) in [7, 11) is 0. The molecule has 0 aliphatic heterocycles. The van der Waals surface area contributed by atoms with Crippen molar-refractivity contribution in [3.63, 3.8) is 0 Å². The van der Waals surface area contributed by atoms with Gasteiger partial charge in [0.2, 0.25) is 0 Å². The highest BCUT2D eigenvalue weighted by molar-refractivity contribution is 5.95. The molecule has 0 spiro atoms. The first kappa shape index (κ1) is 13.3. The first-order valence-electron chi connectivity index (χ1n) is 5.69. The maximum absolute atomic E-state index is 10.6. The summed E-state index contributed by atoms with van der Waals surface area (Å²) in [5.41, 5.74) is 6.78. The molecule has 0 fully saturated rings. The number of rotatable bonds is 4. The van der Waals surface area contributed by atoms with E-state index in [-0.39, 0.29) is 11.5 Å². The van der Waals surface area contributed by atoms with Crippen molar-refractivity contribution in [1.82, 2.24) is 4.98 Å². The van der Waals surface area contributed by atoms with Crippen molar-refractivity contribution in [2.75, 3.05) is 0 Å². The maximum atomic E-state index is 10.6. The van der Waals surface area contributed by atoms with E-state index in [4.69, 9.17) is 5.73 Å². The molecule has 7 heteroatoms. The first-order chi connectivity index (χ1) is 9.66. The van der Waals surface area contributed by atoms with Gasteiger partial charge in [-0.2, -0.15) is 5.10 Å². The van der Waals surface area contributed by atoms with E-state index in [0.29, 0.717) is 11.3 Å². The second-order valence-corrected chi connectivity index (χ2v) is 3.80. The maximum Gasteiger partial charge on any atom is 0.270 e. The van der Waals surface area contributed by atoms with Gasteiger partial charge in [-0.15, -0.1) is 5.10 Å². The average molecular weight is 269 g/mol. The molecule has 100 valence electrons. The molecular weight excluding hydrogens is 258 g/mol. The third-order valence-corrected chi connectivity index (χ3v) is 2.38. The van der Waals surface area contributed by atoms with Gasteiger partial charge in [0.25, 0.3) is 5.69 Å². The predicted octanol–water partition coefficient (Wildman–Crippen LogP) is 1.73. The Kier molecular flexibility index (Phi) is 4.13. The summed E-state index contributed by atoms with van der Waals surface area (Å²) >= 11 is 0. The predicted molar refractivity (Wildman–Crippen MR) is 75.7 cm³/mol. The van der Waals surface area contributed by atoms with Crippen molar-refractivity contribution in [3.05, 3.63) is 70.0 Å². The fourth-order valence-corrected chi connectivity index (χ4v) is 1.44. The molecule has 1 heterocycles. The molecule has 0 aliphatic carbocycles. The SMILES string of the molecule is NC(=NN=Cc1cccc([N+](=O)[O-])c1)c1ccccn1. The van der Waals surface area contributed by atoms with Crippen LogP contribution in [0, 0.1) is 10.1 Å². The Morgan fingerprint density at radius 3 is 2.85 bits per heavy atom. The van der Waals surface area contributed by atoms with Gasteiger partial charge in [-0.1, -0.05) is 18.2 Å². The van der Waals surface area contributed by atoms with Crippen molar-refractivity contribution in [2.45, 2.75) is 0 Å². The van der Waals surface area contributed by atoms with Gasteiger partial charge in [-0.25, -0.2) is 0 Å². The average Bonchev–Trinajstić information content (AvgIpc) is 2.48. The molecule has 0 radical (unpaired) electrons. The van der Waals surface area contributed by atoms with Gasteiger partial charge in [-0.3, -0.25) is 15.1 Å². The Hall–Kier alpha value is -3.09. The van der Waals surface area contributed by atoms with Crippen LogP contribution in [0.2, 0.25) is 0 Å². The van der Waals surface area contributed by atoms with E-state index in [2.05, 4.69) is 15.2 Å². The first-order valence-corrected chi connectivity index (χ1v) is 5.69. The summed E-state index contributed by atoms with van der Waals surface area (Å²) < 4.78 is 0. The zero-order valence-electron chi connectivity index (χ0n) is 10.4. The van der Waals surface area contributed by atoms with Gasteiger partial charge < -0.3 is 5.73 Å². The van der Waals surface area contributed by atoms with Gasteiger partial charge in [0.05, 0.1) is 11.1 Å². The van der Waals surface area contributed by atoms with E-state index >= 15 is 0 Å². The number of aromatic nitrogens is 1. The molecule has 0 amide bonds. The van der Waals surface area contributed by atoms with Gasteiger partial charge in [0, 0.05) is 23.9 Å². The van der Waals surface area contributed by atoms with Crippen molar-refractivity contribution < 1.29 is 4.92 Å². The lowest BCUT2D eigenvalue weighted by Crippen LogP contribution is -2.14. The Morgan fingerprint density at radius 1 is 1.30 bits per heavy atom. The van der Waals surface area contributed by atoms with E-state index in [0.717, 1.165) is 0 Å². The summed E-state index contributed by atoms with van der Waals surface area (Å²) in [6.45, 7) is 0. The molecule has 1 aromatic heterocycles. The summed E-state index contributed by atoms with van der Waals surface area (Å²) in [6, 6.07) is 11.3. The van der Waals surface area contributed by atoms with Crippen LogP contribution in [0.5, 0.6) is 0 Å². The quantitative estimate of drug-likeness (QED) is 0.394. The van der Waals surface area contributed by atoms with Crippen molar-refractivity contribution in [2.24, 2.45) is 15.9 Å². The minimum Gasteiger partial charge on any atom is -0.380 e. The molecule has 0 aliphatic rings. The number of nitro benzene ring substituents is 1. The van der Waals surface area contributed by atoms with Crippen molar-refractivity contribution in [3.8, 4) is 0 Å². The minimum absolute atomic E-state index is 0.00405. The fraction of sp³-hybridized carbons (Fsp3) is 0. The highest BCUT2D eigenvalue weighted by atomic mass is 16.6. The minimum atomic E-state index is -0.469. The van der Waals surface area contributed by atoms with Crippen LogP contribution in [0.25, 0.3) is 0 Å². The molecule has 7 nitrogen and oxygen atoms in total. The number of amidine groups is 1. The zero-order valence-corrected chi connectivity index (χ0v) is 10.4. The lowest BCUT2D eigenvalue weighted by molar-refractivity contribution is -0.384. The van der Waals surface area contributed by atoms with Gasteiger partial charge in [0.15, 0.2) is 5.84 Å². The van der Waals surface area contributed by atoms with Crippen LogP contribution in [-0.2, 0) is 0 Å². The lowest BCUT2D eigenvalue weighted by atomic mass is 10.2. The number of nitrogens with zero attached hydrogens (tertiary/aromatic N) is 4. The van der Waals surface area contributed by atoms with Gasteiger partial charge >= 0.3 is 0 Å². The third kappa shape index (κ3) is 3.45. The van der Waals surface area contributed by atoms with Gasteiger partial charge in [-0.05, 0) is 12.1 Å². The normalized spacial score (nSPS) is 11.7. The Bertz CT molecular complexity index is 667. The number of pyridine rings is 1. The van der Waals surface area contributed by atoms with Crippen LogP contribution < -0.4 is 5.73 Å². The molecule has 20 heavy (non-hydrogen) atoms. The number of nitro groups is 1. The molecule has 0 atom stereocenters. The van der Waals surface area contributed by atoms with Crippen LogP contribution in [0.3, 0.4) is 0 Å². The zero-order chi connectivity index (χ0) is 14.4. The summed E-state index contributed by atoms with van der Waals surface area (Å²) in [6.07, 6.45) is 2.99. The monoisotopic (exact) mass is 269 g/mol.